The Morgan fingerprint density at radius 1 is 1.25 bits per heavy atom. The van der Waals surface area contributed by atoms with E-state index in [-0.39, 0.29) is 12.2 Å². The van der Waals surface area contributed by atoms with Crippen molar-refractivity contribution in [2.75, 3.05) is 7.11 Å². The lowest BCUT2D eigenvalue weighted by Crippen LogP contribution is -2.59. The van der Waals surface area contributed by atoms with Crippen molar-refractivity contribution < 1.29 is 24.1 Å². The second-order valence-corrected chi connectivity index (χ2v) is 5.25. The van der Waals surface area contributed by atoms with Crippen LogP contribution in [0.25, 0.3) is 0 Å². The van der Waals surface area contributed by atoms with Gasteiger partial charge in [0.25, 0.3) is 0 Å². The predicted molar refractivity (Wildman–Crippen MR) is 53.7 cm³/mol. The number of aliphatic hydroxyl groups is 1. The Labute approximate surface area is 94.6 Å². The summed E-state index contributed by atoms with van der Waals surface area (Å²) < 4.78 is 22.7. The molecule has 1 N–H and O–H groups in total. The van der Waals surface area contributed by atoms with Crippen LogP contribution < -0.4 is 0 Å². The van der Waals surface area contributed by atoms with Crippen LogP contribution in [0.1, 0.15) is 26.7 Å². The van der Waals surface area contributed by atoms with E-state index in [0.717, 1.165) is 12.8 Å². The lowest BCUT2D eigenvalue weighted by atomic mass is 9.73. The largest absolute Gasteiger partial charge is 0.390 e. The molecule has 5 heteroatoms. The van der Waals surface area contributed by atoms with Crippen molar-refractivity contribution >= 4 is 0 Å². The van der Waals surface area contributed by atoms with Gasteiger partial charge in [0.1, 0.15) is 17.8 Å². The van der Waals surface area contributed by atoms with Crippen molar-refractivity contribution in [1.29, 1.82) is 0 Å². The van der Waals surface area contributed by atoms with E-state index in [2.05, 4.69) is 0 Å². The predicted octanol–water partition coefficient (Wildman–Crippen LogP) is 0.403. The molecule has 2 saturated heterocycles. The quantitative estimate of drug-likeness (QED) is 0.706. The molecule has 16 heavy (non-hydrogen) atoms. The van der Waals surface area contributed by atoms with Crippen LogP contribution in [0.2, 0.25) is 0 Å². The maximum atomic E-state index is 9.91. The van der Waals surface area contributed by atoms with Gasteiger partial charge in [-0.2, -0.15) is 0 Å². The highest BCUT2D eigenvalue weighted by Crippen LogP contribution is 2.52. The highest BCUT2D eigenvalue weighted by Gasteiger charge is 2.68. The molecule has 3 aliphatic rings. The van der Waals surface area contributed by atoms with Gasteiger partial charge in [-0.15, -0.1) is 0 Å². The summed E-state index contributed by atoms with van der Waals surface area (Å²) in [6.45, 7) is 3.74. The van der Waals surface area contributed by atoms with E-state index >= 15 is 0 Å². The summed E-state index contributed by atoms with van der Waals surface area (Å²) in [7, 11) is 1.58. The van der Waals surface area contributed by atoms with Gasteiger partial charge >= 0.3 is 0 Å². The minimum atomic E-state index is -0.627. The van der Waals surface area contributed by atoms with Gasteiger partial charge in [0.15, 0.2) is 12.1 Å². The van der Waals surface area contributed by atoms with Gasteiger partial charge in [0.2, 0.25) is 0 Å². The van der Waals surface area contributed by atoms with E-state index in [1.807, 2.05) is 13.8 Å². The van der Waals surface area contributed by atoms with Crippen molar-refractivity contribution in [3.8, 4) is 0 Å². The zero-order chi connectivity index (χ0) is 11.6. The number of hydrogen-bond donors (Lipinski definition) is 1. The van der Waals surface area contributed by atoms with E-state index in [9.17, 15) is 5.11 Å². The first-order valence-corrected chi connectivity index (χ1v) is 5.73. The molecule has 3 rings (SSSR count). The molecule has 0 amide bonds. The normalized spacial score (nSPS) is 54.0. The molecule has 0 aromatic heterocycles. The Bertz CT molecular complexity index is 305. The lowest BCUT2D eigenvalue weighted by Gasteiger charge is -2.45. The first-order chi connectivity index (χ1) is 7.48. The standard InChI is InChI=1S/C11H18O5/c1-10(2)14-7-8(15-10)11(5-4-6(11)12)16-9(7)13-3/h6-9,12H,4-5H2,1-3H3/t6?,7?,8-,9-,11+/m1/s1. The molecular formula is C11H18O5. The number of hydrogen-bond acceptors (Lipinski definition) is 5. The highest BCUT2D eigenvalue weighted by atomic mass is 16.8. The molecule has 0 aromatic carbocycles. The molecule has 1 spiro atoms. The topological polar surface area (TPSA) is 57.2 Å². The van der Waals surface area contributed by atoms with Crippen molar-refractivity contribution in [2.45, 2.75) is 62.7 Å². The Hall–Kier alpha value is -0.200. The molecule has 5 nitrogen and oxygen atoms in total. The molecule has 2 unspecified atom stereocenters. The summed E-state index contributed by atoms with van der Waals surface area (Å²) >= 11 is 0. The third-order valence-electron chi connectivity index (χ3n) is 3.82. The van der Waals surface area contributed by atoms with Crippen molar-refractivity contribution in [2.24, 2.45) is 0 Å². The van der Waals surface area contributed by atoms with E-state index in [4.69, 9.17) is 18.9 Å². The van der Waals surface area contributed by atoms with Crippen LogP contribution in [-0.4, -0.2) is 48.2 Å². The summed E-state index contributed by atoms with van der Waals surface area (Å²) in [6.07, 6.45) is 0.170. The van der Waals surface area contributed by atoms with Crippen LogP contribution >= 0.6 is 0 Å². The maximum Gasteiger partial charge on any atom is 0.187 e. The summed E-state index contributed by atoms with van der Waals surface area (Å²) in [4.78, 5) is 0. The van der Waals surface area contributed by atoms with Gasteiger partial charge in [0.05, 0.1) is 6.10 Å². The highest BCUT2D eigenvalue weighted by molar-refractivity contribution is 5.13. The van der Waals surface area contributed by atoms with Crippen LogP contribution in [0.4, 0.5) is 0 Å². The fourth-order valence-corrected chi connectivity index (χ4v) is 2.93. The second-order valence-electron chi connectivity index (χ2n) is 5.25. The van der Waals surface area contributed by atoms with Crippen molar-refractivity contribution in [3.63, 3.8) is 0 Å². The molecule has 5 atom stereocenters. The van der Waals surface area contributed by atoms with E-state index in [1.54, 1.807) is 7.11 Å². The molecule has 1 aliphatic carbocycles. The fourth-order valence-electron chi connectivity index (χ4n) is 2.93. The van der Waals surface area contributed by atoms with Crippen LogP contribution in [0.3, 0.4) is 0 Å². The van der Waals surface area contributed by atoms with Gasteiger partial charge < -0.3 is 24.1 Å². The first kappa shape index (κ1) is 10.9. The van der Waals surface area contributed by atoms with Gasteiger partial charge in [-0.1, -0.05) is 0 Å². The summed E-state index contributed by atoms with van der Waals surface area (Å²) in [5.41, 5.74) is -0.612. The van der Waals surface area contributed by atoms with Gasteiger partial charge in [-0.05, 0) is 26.7 Å². The van der Waals surface area contributed by atoms with Crippen LogP contribution in [-0.2, 0) is 18.9 Å². The molecule has 3 fully saturated rings. The number of aliphatic hydroxyl groups excluding tert-OH is 1. The first-order valence-electron chi connectivity index (χ1n) is 5.73. The molecule has 0 aromatic rings. The number of ether oxygens (including phenoxy) is 4. The molecule has 0 radical (unpaired) electrons. The third-order valence-corrected chi connectivity index (χ3v) is 3.82. The average Bonchev–Trinajstić information content (AvgIpc) is 2.68. The summed E-state index contributed by atoms with van der Waals surface area (Å²) in [6, 6.07) is 0. The number of fused-ring (bicyclic) bond motifs is 2. The second kappa shape index (κ2) is 3.17. The van der Waals surface area contributed by atoms with Crippen LogP contribution in [0, 0.1) is 0 Å². The van der Waals surface area contributed by atoms with Gasteiger partial charge in [-0.25, -0.2) is 0 Å². The minimum Gasteiger partial charge on any atom is -0.390 e. The van der Waals surface area contributed by atoms with Gasteiger partial charge in [0, 0.05) is 7.11 Å². The molecular weight excluding hydrogens is 212 g/mol. The van der Waals surface area contributed by atoms with Crippen molar-refractivity contribution in [3.05, 3.63) is 0 Å². The summed E-state index contributed by atoms with van der Waals surface area (Å²) in [5.74, 6) is -0.627. The zero-order valence-electron chi connectivity index (χ0n) is 9.80. The Balaban J connectivity index is 1.89. The zero-order valence-corrected chi connectivity index (χ0v) is 9.80. The molecule has 1 saturated carbocycles. The monoisotopic (exact) mass is 230 g/mol. The van der Waals surface area contributed by atoms with Gasteiger partial charge in [-0.3, -0.25) is 0 Å². The molecule has 92 valence electrons. The third kappa shape index (κ3) is 1.23. The minimum absolute atomic E-state index is 0.226. The van der Waals surface area contributed by atoms with Crippen molar-refractivity contribution in [1.82, 2.24) is 0 Å². The molecule has 0 bridgehead atoms. The van der Waals surface area contributed by atoms with Crippen LogP contribution in [0.5, 0.6) is 0 Å². The Morgan fingerprint density at radius 3 is 2.50 bits per heavy atom. The smallest absolute Gasteiger partial charge is 0.187 e. The molecule has 2 aliphatic heterocycles. The van der Waals surface area contributed by atoms with E-state index < -0.39 is 23.8 Å². The van der Waals surface area contributed by atoms with Crippen LogP contribution in [0.15, 0.2) is 0 Å². The van der Waals surface area contributed by atoms with E-state index in [1.165, 1.54) is 0 Å². The maximum absolute atomic E-state index is 9.91. The van der Waals surface area contributed by atoms with E-state index in [0.29, 0.717) is 0 Å². The average molecular weight is 230 g/mol. The summed E-state index contributed by atoms with van der Waals surface area (Å²) in [5, 5.41) is 9.91. The number of methoxy groups -OCH3 is 1. The molecule has 2 heterocycles. The lowest BCUT2D eigenvalue weighted by molar-refractivity contribution is -0.289. The number of rotatable bonds is 1. The Morgan fingerprint density at radius 2 is 2.00 bits per heavy atom. The fraction of sp³-hybridized carbons (Fsp3) is 1.00. The SMILES string of the molecule is CO[C@@H]1O[C@]2(CCC2O)[C@@H]2OC(C)(C)OC12. The Kier molecular flexibility index (Phi) is 2.17.